The van der Waals surface area contributed by atoms with Gasteiger partial charge in [-0.15, -0.1) is 0 Å². The van der Waals surface area contributed by atoms with Crippen LogP contribution in [-0.2, 0) is 6.54 Å². The first kappa shape index (κ1) is 13.2. The van der Waals surface area contributed by atoms with Gasteiger partial charge in [0.05, 0.1) is 16.6 Å². The van der Waals surface area contributed by atoms with Gasteiger partial charge in [-0.2, -0.15) is 0 Å². The van der Waals surface area contributed by atoms with Crippen LogP contribution in [0.4, 0.5) is 8.78 Å². The SMILES string of the molecule is CCNCc1ccc(-c2c(F)ccc(Br)c2F)o1. The molecule has 0 unspecified atom stereocenters. The van der Waals surface area contributed by atoms with Crippen molar-refractivity contribution in [2.24, 2.45) is 0 Å². The molecule has 2 nitrogen and oxygen atoms in total. The van der Waals surface area contributed by atoms with Gasteiger partial charge in [-0.25, -0.2) is 8.78 Å². The van der Waals surface area contributed by atoms with E-state index in [9.17, 15) is 8.78 Å². The second-order valence-electron chi connectivity index (χ2n) is 3.76. The number of furan rings is 1. The Hall–Kier alpha value is -1.20. The maximum absolute atomic E-state index is 13.8. The molecule has 0 aliphatic heterocycles. The van der Waals surface area contributed by atoms with Crippen molar-refractivity contribution < 1.29 is 13.2 Å². The van der Waals surface area contributed by atoms with Gasteiger partial charge >= 0.3 is 0 Å². The Labute approximate surface area is 112 Å². The van der Waals surface area contributed by atoms with Crippen LogP contribution in [0.3, 0.4) is 0 Å². The second kappa shape index (κ2) is 5.63. The highest BCUT2D eigenvalue weighted by atomic mass is 79.9. The second-order valence-corrected chi connectivity index (χ2v) is 4.62. The van der Waals surface area contributed by atoms with Gasteiger partial charge in [0.15, 0.2) is 5.82 Å². The molecule has 0 atom stereocenters. The van der Waals surface area contributed by atoms with E-state index in [0.29, 0.717) is 12.3 Å². The average Bonchev–Trinajstić information content (AvgIpc) is 2.80. The molecule has 0 amide bonds. The van der Waals surface area contributed by atoms with Crippen LogP contribution in [0, 0.1) is 11.6 Å². The molecule has 0 spiro atoms. The minimum Gasteiger partial charge on any atom is -0.460 e. The molecule has 5 heteroatoms. The van der Waals surface area contributed by atoms with Crippen molar-refractivity contribution in [3.05, 3.63) is 46.1 Å². The quantitative estimate of drug-likeness (QED) is 0.859. The number of halogens is 3. The third kappa shape index (κ3) is 2.62. The van der Waals surface area contributed by atoms with Gasteiger partial charge in [0, 0.05) is 0 Å². The lowest BCUT2D eigenvalue weighted by atomic mass is 10.1. The summed E-state index contributed by atoms with van der Waals surface area (Å²) in [5.41, 5.74) is -0.146. The van der Waals surface area contributed by atoms with Crippen LogP contribution in [0.2, 0.25) is 0 Å². The molecule has 1 aromatic carbocycles. The normalized spacial score (nSPS) is 10.9. The van der Waals surface area contributed by atoms with Gasteiger partial charge in [0.1, 0.15) is 17.3 Å². The lowest BCUT2D eigenvalue weighted by molar-refractivity contribution is 0.489. The summed E-state index contributed by atoms with van der Waals surface area (Å²) < 4.78 is 33.1. The Morgan fingerprint density at radius 1 is 1.22 bits per heavy atom. The molecule has 0 radical (unpaired) electrons. The van der Waals surface area contributed by atoms with Gasteiger partial charge in [0.2, 0.25) is 0 Å². The molecule has 96 valence electrons. The van der Waals surface area contributed by atoms with Crippen LogP contribution < -0.4 is 5.32 Å². The third-order valence-corrected chi connectivity index (χ3v) is 3.11. The van der Waals surface area contributed by atoms with Crippen LogP contribution in [0.1, 0.15) is 12.7 Å². The van der Waals surface area contributed by atoms with E-state index in [1.807, 2.05) is 6.92 Å². The molecule has 0 saturated heterocycles. The first-order chi connectivity index (χ1) is 8.63. The molecule has 1 N–H and O–H groups in total. The molecular formula is C13H12BrF2NO. The highest BCUT2D eigenvalue weighted by Gasteiger charge is 2.17. The van der Waals surface area contributed by atoms with Gasteiger partial charge < -0.3 is 9.73 Å². The van der Waals surface area contributed by atoms with Crippen molar-refractivity contribution in [2.75, 3.05) is 6.54 Å². The van der Waals surface area contributed by atoms with E-state index in [0.717, 1.165) is 6.54 Å². The fraction of sp³-hybridized carbons (Fsp3) is 0.231. The van der Waals surface area contributed by atoms with Crippen LogP contribution >= 0.6 is 15.9 Å². The van der Waals surface area contributed by atoms with Crippen molar-refractivity contribution in [3.63, 3.8) is 0 Å². The smallest absolute Gasteiger partial charge is 0.151 e. The Bertz CT molecular complexity index is 554. The Morgan fingerprint density at radius 2 is 2.00 bits per heavy atom. The highest BCUT2D eigenvalue weighted by Crippen LogP contribution is 2.31. The molecule has 2 aromatic rings. The van der Waals surface area contributed by atoms with E-state index in [4.69, 9.17) is 4.42 Å². The number of rotatable bonds is 4. The first-order valence-electron chi connectivity index (χ1n) is 5.56. The Morgan fingerprint density at radius 3 is 2.72 bits per heavy atom. The predicted molar refractivity (Wildman–Crippen MR) is 69.1 cm³/mol. The molecule has 2 rings (SSSR count). The van der Waals surface area contributed by atoms with E-state index in [1.165, 1.54) is 12.1 Å². The van der Waals surface area contributed by atoms with Crippen LogP contribution in [-0.4, -0.2) is 6.54 Å². The first-order valence-corrected chi connectivity index (χ1v) is 6.36. The third-order valence-electron chi connectivity index (χ3n) is 2.50. The van der Waals surface area contributed by atoms with Gasteiger partial charge in [0.25, 0.3) is 0 Å². The largest absolute Gasteiger partial charge is 0.460 e. The topological polar surface area (TPSA) is 25.2 Å². The minimum absolute atomic E-state index is 0.146. The molecule has 0 fully saturated rings. The summed E-state index contributed by atoms with van der Waals surface area (Å²) in [6.45, 7) is 3.31. The summed E-state index contributed by atoms with van der Waals surface area (Å²) in [6.07, 6.45) is 0. The Balaban J connectivity index is 2.37. The molecular weight excluding hydrogens is 304 g/mol. The van der Waals surface area contributed by atoms with Crippen molar-refractivity contribution in [2.45, 2.75) is 13.5 Å². The van der Waals surface area contributed by atoms with Crippen molar-refractivity contribution in [1.82, 2.24) is 5.32 Å². The van der Waals surface area contributed by atoms with Crippen molar-refractivity contribution in [1.29, 1.82) is 0 Å². The minimum atomic E-state index is -0.653. The number of nitrogens with one attached hydrogen (secondary N) is 1. The van der Waals surface area contributed by atoms with E-state index in [1.54, 1.807) is 12.1 Å². The maximum atomic E-state index is 13.8. The van der Waals surface area contributed by atoms with Crippen LogP contribution in [0.15, 0.2) is 33.2 Å². The number of hydrogen-bond donors (Lipinski definition) is 1. The van der Waals surface area contributed by atoms with E-state index in [2.05, 4.69) is 21.2 Å². The summed E-state index contributed by atoms with van der Waals surface area (Å²) in [4.78, 5) is 0. The predicted octanol–water partition coefficient (Wildman–Crippen LogP) is 4.10. The molecule has 0 aliphatic rings. The fourth-order valence-corrected chi connectivity index (χ4v) is 1.94. The summed E-state index contributed by atoms with van der Waals surface area (Å²) in [5.74, 6) is -0.454. The molecule has 0 bridgehead atoms. The number of hydrogen-bond acceptors (Lipinski definition) is 2. The lowest BCUT2D eigenvalue weighted by Crippen LogP contribution is -2.10. The average molecular weight is 316 g/mol. The number of benzene rings is 1. The summed E-state index contributed by atoms with van der Waals surface area (Å²) >= 11 is 3.03. The lowest BCUT2D eigenvalue weighted by Gasteiger charge is -2.03. The molecule has 18 heavy (non-hydrogen) atoms. The van der Waals surface area contributed by atoms with Crippen LogP contribution in [0.25, 0.3) is 11.3 Å². The zero-order valence-corrected chi connectivity index (χ0v) is 11.4. The fourth-order valence-electron chi connectivity index (χ4n) is 1.61. The van der Waals surface area contributed by atoms with E-state index >= 15 is 0 Å². The van der Waals surface area contributed by atoms with Crippen molar-refractivity contribution >= 4 is 15.9 Å². The highest BCUT2D eigenvalue weighted by molar-refractivity contribution is 9.10. The van der Waals surface area contributed by atoms with Crippen LogP contribution in [0.5, 0.6) is 0 Å². The zero-order chi connectivity index (χ0) is 13.1. The van der Waals surface area contributed by atoms with Gasteiger partial charge in [-0.1, -0.05) is 6.92 Å². The standard InChI is InChI=1S/C13H12BrF2NO/c1-2-17-7-8-3-6-11(18-8)12-10(15)5-4-9(14)13(12)16/h3-6,17H,2,7H2,1H3. The van der Waals surface area contributed by atoms with Gasteiger partial charge in [-0.05, 0) is 46.7 Å². The van der Waals surface area contributed by atoms with Gasteiger partial charge in [-0.3, -0.25) is 0 Å². The van der Waals surface area contributed by atoms with E-state index < -0.39 is 11.6 Å². The molecule has 1 heterocycles. The molecule has 0 aliphatic carbocycles. The summed E-state index contributed by atoms with van der Waals surface area (Å²) in [5, 5.41) is 3.08. The molecule has 0 saturated carbocycles. The molecule has 1 aromatic heterocycles. The van der Waals surface area contributed by atoms with E-state index in [-0.39, 0.29) is 15.8 Å². The zero-order valence-electron chi connectivity index (χ0n) is 9.77. The maximum Gasteiger partial charge on any atom is 0.151 e. The summed E-state index contributed by atoms with van der Waals surface area (Å²) in [7, 11) is 0. The monoisotopic (exact) mass is 315 g/mol. The Kier molecular flexibility index (Phi) is 4.14. The van der Waals surface area contributed by atoms with Crippen molar-refractivity contribution in [3.8, 4) is 11.3 Å². The summed E-state index contributed by atoms with van der Waals surface area (Å²) in [6, 6.07) is 5.81.